The molecule has 0 aromatic rings. The van der Waals surface area contributed by atoms with Crippen LogP contribution in [0.25, 0.3) is 0 Å². The fraction of sp³-hybridized carbons (Fsp3) is 0.882. The summed E-state index contributed by atoms with van der Waals surface area (Å²) in [5.41, 5.74) is 0. The van der Waals surface area contributed by atoms with Crippen molar-refractivity contribution in [1.82, 2.24) is 4.90 Å². The standard InChI is InChI=1S/C17H33N/c1-5-8-17(15(2)3)10-7-6-9-16(4)11-12-18-13-14-18/h6,9,15-17H,5,7-8,10-14H2,1-4H3. The van der Waals surface area contributed by atoms with Crippen molar-refractivity contribution in [2.75, 3.05) is 19.6 Å². The molecule has 1 heteroatoms. The van der Waals surface area contributed by atoms with E-state index in [0.717, 1.165) is 17.8 Å². The zero-order valence-electron chi connectivity index (χ0n) is 13.0. The van der Waals surface area contributed by atoms with Crippen LogP contribution >= 0.6 is 0 Å². The molecule has 0 saturated carbocycles. The Bertz CT molecular complexity index is 228. The second-order valence-corrected chi connectivity index (χ2v) is 6.41. The molecular formula is C17H33N. The molecule has 0 bridgehead atoms. The highest BCUT2D eigenvalue weighted by molar-refractivity contribution is 4.88. The fourth-order valence-corrected chi connectivity index (χ4v) is 2.60. The molecule has 1 nitrogen and oxygen atoms in total. The minimum absolute atomic E-state index is 0.759. The van der Waals surface area contributed by atoms with E-state index in [1.807, 2.05) is 0 Å². The van der Waals surface area contributed by atoms with E-state index < -0.39 is 0 Å². The Balaban J connectivity index is 2.09. The van der Waals surface area contributed by atoms with Crippen molar-refractivity contribution in [3.8, 4) is 0 Å². The van der Waals surface area contributed by atoms with Crippen molar-refractivity contribution >= 4 is 0 Å². The highest BCUT2D eigenvalue weighted by Gasteiger charge is 2.16. The van der Waals surface area contributed by atoms with Crippen molar-refractivity contribution in [1.29, 1.82) is 0 Å². The lowest BCUT2D eigenvalue weighted by atomic mass is 9.87. The van der Waals surface area contributed by atoms with Gasteiger partial charge in [-0.05, 0) is 43.6 Å². The van der Waals surface area contributed by atoms with Crippen LogP contribution in [0.5, 0.6) is 0 Å². The van der Waals surface area contributed by atoms with Crippen molar-refractivity contribution < 1.29 is 0 Å². The van der Waals surface area contributed by atoms with E-state index in [1.165, 1.54) is 51.7 Å². The Kier molecular flexibility index (Phi) is 7.65. The molecule has 1 heterocycles. The van der Waals surface area contributed by atoms with E-state index in [-0.39, 0.29) is 0 Å². The van der Waals surface area contributed by atoms with Crippen molar-refractivity contribution in [2.24, 2.45) is 17.8 Å². The monoisotopic (exact) mass is 251 g/mol. The van der Waals surface area contributed by atoms with Gasteiger partial charge in [-0.15, -0.1) is 0 Å². The molecule has 106 valence electrons. The summed E-state index contributed by atoms with van der Waals surface area (Å²) in [5, 5.41) is 0. The van der Waals surface area contributed by atoms with Crippen LogP contribution in [-0.2, 0) is 0 Å². The van der Waals surface area contributed by atoms with Gasteiger partial charge in [-0.2, -0.15) is 0 Å². The third-order valence-corrected chi connectivity index (χ3v) is 4.21. The molecule has 18 heavy (non-hydrogen) atoms. The van der Waals surface area contributed by atoms with Crippen LogP contribution in [0.4, 0.5) is 0 Å². The number of hydrogen-bond donors (Lipinski definition) is 0. The molecule has 1 aliphatic rings. The largest absolute Gasteiger partial charge is 0.301 e. The second kappa shape index (κ2) is 8.74. The van der Waals surface area contributed by atoms with E-state index in [1.54, 1.807) is 0 Å². The number of allylic oxidation sites excluding steroid dienone is 2. The van der Waals surface area contributed by atoms with Crippen LogP contribution in [-0.4, -0.2) is 24.5 Å². The van der Waals surface area contributed by atoms with E-state index in [4.69, 9.17) is 0 Å². The molecule has 1 rings (SSSR count). The Hall–Kier alpha value is -0.300. The average molecular weight is 251 g/mol. The molecule has 0 radical (unpaired) electrons. The molecule has 1 fully saturated rings. The Labute approximate surface area is 115 Å². The van der Waals surface area contributed by atoms with Gasteiger partial charge in [0, 0.05) is 13.1 Å². The summed E-state index contributed by atoms with van der Waals surface area (Å²) < 4.78 is 0. The highest BCUT2D eigenvalue weighted by Crippen LogP contribution is 2.22. The normalized spacial score (nSPS) is 19.6. The third kappa shape index (κ3) is 7.20. The lowest BCUT2D eigenvalue weighted by molar-refractivity contribution is 0.336. The predicted molar refractivity (Wildman–Crippen MR) is 81.8 cm³/mol. The summed E-state index contributed by atoms with van der Waals surface area (Å²) in [7, 11) is 0. The summed E-state index contributed by atoms with van der Waals surface area (Å²) in [4.78, 5) is 2.51. The molecule has 0 amide bonds. The summed E-state index contributed by atoms with van der Waals surface area (Å²) >= 11 is 0. The minimum Gasteiger partial charge on any atom is -0.301 e. The average Bonchev–Trinajstić information content (AvgIpc) is 3.14. The molecule has 2 unspecified atom stereocenters. The Morgan fingerprint density at radius 2 is 1.78 bits per heavy atom. The molecular weight excluding hydrogens is 218 g/mol. The zero-order valence-corrected chi connectivity index (χ0v) is 13.0. The van der Waals surface area contributed by atoms with Crippen LogP contribution in [0.15, 0.2) is 12.2 Å². The highest BCUT2D eigenvalue weighted by atomic mass is 15.2. The quantitative estimate of drug-likeness (QED) is 0.400. The first-order valence-electron chi connectivity index (χ1n) is 8.02. The van der Waals surface area contributed by atoms with Gasteiger partial charge in [-0.3, -0.25) is 0 Å². The molecule has 0 aromatic heterocycles. The number of hydrogen-bond acceptors (Lipinski definition) is 1. The van der Waals surface area contributed by atoms with E-state index in [9.17, 15) is 0 Å². The van der Waals surface area contributed by atoms with Gasteiger partial charge < -0.3 is 4.90 Å². The molecule has 1 saturated heterocycles. The van der Waals surface area contributed by atoms with Crippen molar-refractivity contribution in [2.45, 2.75) is 59.8 Å². The van der Waals surface area contributed by atoms with Gasteiger partial charge in [-0.1, -0.05) is 52.7 Å². The minimum atomic E-state index is 0.759. The molecule has 1 aliphatic heterocycles. The number of rotatable bonds is 10. The lowest BCUT2D eigenvalue weighted by Gasteiger charge is -2.19. The third-order valence-electron chi connectivity index (χ3n) is 4.21. The molecule has 0 spiro atoms. The van der Waals surface area contributed by atoms with Crippen LogP contribution in [0.3, 0.4) is 0 Å². The van der Waals surface area contributed by atoms with Gasteiger partial charge in [0.15, 0.2) is 0 Å². The van der Waals surface area contributed by atoms with Gasteiger partial charge in [0.2, 0.25) is 0 Å². The summed E-state index contributed by atoms with van der Waals surface area (Å²) in [5.74, 6) is 2.53. The summed E-state index contributed by atoms with van der Waals surface area (Å²) in [6, 6.07) is 0. The lowest BCUT2D eigenvalue weighted by Crippen LogP contribution is -2.08. The summed E-state index contributed by atoms with van der Waals surface area (Å²) in [6.07, 6.45) is 11.6. The number of nitrogens with zero attached hydrogens (tertiary/aromatic N) is 1. The van der Waals surface area contributed by atoms with Gasteiger partial charge in [0.05, 0.1) is 0 Å². The topological polar surface area (TPSA) is 3.01 Å². The van der Waals surface area contributed by atoms with Crippen LogP contribution in [0.1, 0.15) is 59.8 Å². The van der Waals surface area contributed by atoms with Crippen LogP contribution in [0, 0.1) is 17.8 Å². The maximum absolute atomic E-state index is 2.51. The SMILES string of the molecule is CCCC(CCC=CC(C)CCN1CC1)C(C)C. The van der Waals surface area contributed by atoms with Gasteiger partial charge in [0.25, 0.3) is 0 Å². The smallest absolute Gasteiger partial charge is 0.0110 e. The van der Waals surface area contributed by atoms with Gasteiger partial charge in [0.1, 0.15) is 0 Å². The maximum atomic E-state index is 2.51. The first kappa shape index (κ1) is 15.8. The first-order valence-corrected chi connectivity index (χ1v) is 8.02. The first-order chi connectivity index (χ1) is 8.63. The van der Waals surface area contributed by atoms with E-state index in [2.05, 4.69) is 44.7 Å². The zero-order chi connectivity index (χ0) is 13.4. The van der Waals surface area contributed by atoms with Gasteiger partial charge >= 0.3 is 0 Å². The summed E-state index contributed by atoms with van der Waals surface area (Å²) in [6.45, 7) is 13.4. The van der Waals surface area contributed by atoms with Crippen molar-refractivity contribution in [3.63, 3.8) is 0 Å². The Morgan fingerprint density at radius 1 is 1.06 bits per heavy atom. The van der Waals surface area contributed by atoms with Gasteiger partial charge in [-0.25, -0.2) is 0 Å². The van der Waals surface area contributed by atoms with Crippen LogP contribution in [0.2, 0.25) is 0 Å². The maximum Gasteiger partial charge on any atom is 0.0110 e. The molecule has 0 N–H and O–H groups in total. The van der Waals surface area contributed by atoms with E-state index in [0.29, 0.717) is 0 Å². The van der Waals surface area contributed by atoms with Crippen LogP contribution < -0.4 is 0 Å². The molecule has 2 atom stereocenters. The molecule has 0 aromatic carbocycles. The second-order valence-electron chi connectivity index (χ2n) is 6.41. The predicted octanol–water partition coefficient (Wildman–Crippen LogP) is 4.74. The molecule has 0 aliphatic carbocycles. The Morgan fingerprint density at radius 3 is 2.33 bits per heavy atom. The van der Waals surface area contributed by atoms with Crippen molar-refractivity contribution in [3.05, 3.63) is 12.2 Å². The fourth-order valence-electron chi connectivity index (χ4n) is 2.60. The van der Waals surface area contributed by atoms with E-state index >= 15 is 0 Å².